The van der Waals surface area contributed by atoms with Crippen LogP contribution in [0.2, 0.25) is 5.02 Å². The van der Waals surface area contributed by atoms with Gasteiger partial charge in [0.1, 0.15) is 76.8 Å². The van der Waals surface area contributed by atoms with Gasteiger partial charge in [0, 0.05) is 41.3 Å². The zero-order valence-corrected chi connectivity index (χ0v) is 53.3. The fraction of sp³-hybridized carbons (Fsp3) is 0.600. The van der Waals surface area contributed by atoms with Crippen LogP contribution in [0, 0.1) is 23.7 Å². The number of hydrogen-bond donors (Lipinski definition) is 5. The number of amides is 10. The van der Waals surface area contributed by atoms with Crippen LogP contribution in [-0.4, -0.2) is 220 Å². The van der Waals surface area contributed by atoms with Crippen LogP contribution < -0.4 is 32.4 Å². The van der Waals surface area contributed by atoms with Gasteiger partial charge in [-0.25, -0.2) is 14.6 Å². The zero-order valence-electron chi connectivity index (χ0n) is 52.6. The Morgan fingerprint density at radius 1 is 0.629 bits per heavy atom. The maximum Gasteiger partial charge on any atom is 0.329 e. The van der Waals surface area contributed by atoms with Crippen LogP contribution in [-0.2, 0) is 57.4 Å². The Morgan fingerprint density at radius 3 is 1.47 bits per heavy atom. The molecule has 0 radical (unpaired) electrons. The number of nitrogens with two attached hydrogens (primary N) is 1. The van der Waals surface area contributed by atoms with E-state index in [-0.39, 0.29) is 42.6 Å². The van der Waals surface area contributed by atoms with E-state index in [0.29, 0.717) is 12.8 Å². The predicted molar refractivity (Wildman–Crippen MR) is 321 cm³/mol. The number of fused-ring (bicyclic) bond motifs is 4. The predicted octanol–water partition coefficient (Wildman–Crippen LogP) is 0.762. The Balaban J connectivity index is 1.30. The maximum atomic E-state index is 15.1. The summed E-state index contributed by atoms with van der Waals surface area (Å²) in [7, 11) is 5.55. The Morgan fingerprint density at radius 2 is 1.06 bits per heavy atom. The monoisotopic (exact) mass is 1260 g/mol. The van der Waals surface area contributed by atoms with Crippen molar-refractivity contribution in [3.8, 4) is 11.5 Å². The maximum absolute atomic E-state index is 15.1. The van der Waals surface area contributed by atoms with E-state index in [1.54, 1.807) is 55.4 Å². The number of carbonyl (C=O) groups excluding carboxylic acids is 12. The number of hydrogen-bond acceptors (Lipinski definition) is 18. The lowest BCUT2D eigenvalue weighted by molar-refractivity contribution is -0.163. The Kier molecular flexibility index (Phi) is 21.1. The summed E-state index contributed by atoms with van der Waals surface area (Å²) >= 11 is 6.61. The second-order valence-corrected chi connectivity index (χ2v) is 25.2. The van der Waals surface area contributed by atoms with Gasteiger partial charge in [0.05, 0.1) is 29.9 Å². The van der Waals surface area contributed by atoms with Gasteiger partial charge in [-0.3, -0.25) is 52.7 Å². The summed E-state index contributed by atoms with van der Waals surface area (Å²) in [6.07, 6.45) is -1.72. The summed E-state index contributed by atoms with van der Waals surface area (Å²) in [6, 6.07) is -6.87. The van der Waals surface area contributed by atoms with E-state index in [9.17, 15) is 57.5 Å². The highest BCUT2D eigenvalue weighted by atomic mass is 35.5. The number of nitrogens with zero attached hydrogens (tertiary/aromatic N) is 7. The number of anilines is 1. The van der Waals surface area contributed by atoms with Gasteiger partial charge in [0.15, 0.2) is 11.3 Å². The molecule has 4 fully saturated rings. The average Bonchev–Trinajstić information content (AvgIpc) is 1.30. The highest BCUT2D eigenvalue weighted by Gasteiger charge is 2.46. The molecule has 7 rings (SSSR count). The van der Waals surface area contributed by atoms with Gasteiger partial charge in [-0.2, -0.15) is 0 Å². The van der Waals surface area contributed by atoms with Crippen LogP contribution >= 0.6 is 11.6 Å². The topological polar surface area (TPSA) is 360 Å². The van der Waals surface area contributed by atoms with Crippen LogP contribution in [0.4, 0.5) is 5.69 Å². The Labute approximate surface area is 519 Å². The molecule has 29 heteroatoms. The second-order valence-electron chi connectivity index (χ2n) is 24.8. The molecular formula is C60H81ClN12O16. The molecule has 6 N–H and O–H groups in total. The van der Waals surface area contributed by atoms with Crippen molar-refractivity contribution in [1.29, 1.82) is 0 Å². The molecule has 1 aliphatic carbocycles. The molecule has 5 aliphatic heterocycles. The first-order chi connectivity index (χ1) is 41.7. The summed E-state index contributed by atoms with van der Waals surface area (Å²) in [5, 5.41) is 9.88. The van der Waals surface area contributed by atoms with E-state index in [1.165, 1.54) is 79.8 Å². The van der Waals surface area contributed by atoms with Crippen molar-refractivity contribution >= 4 is 99.4 Å². The lowest BCUT2D eigenvalue weighted by atomic mass is 9.99. The number of nitrogen functional groups attached to an aromatic ring is 1. The molecule has 89 heavy (non-hydrogen) atoms. The number of para-hydroxylation sites is 1. The molecule has 0 unspecified atom stereocenters. The molecule has 6 aliphatic rings. The molecule has 5 heterocycles. The van der Waals surface area contributed by atoms with Crippen molar-refractivity contribution in [3.05, 3.63) is 44.6 Å². The van der Waals surface area contributed by atoms with Crippen molar-refractivity contribution in [2.75, 3.05) is 60.1 Å². The van der Waals surface area contributed by atoms with Crippen molar-refractivity contribution < 1.29 is 71.4 Å². The number of likely N-dealkylation sites (N-methyl/N-ethyl adjacent to an activating group) is 4. The number of cyclic esters (lactones) is 2. The van der Waals surface area contributed by atoms with Gasteiger partial charge in [0.25, 0.3) is 11.8 Å². The molecule has 1 aromatic carbocycles. The summed E-state index contributed by atoms with van der Waals surface area (Å²) in [5.74, 6) is -12.9. The van der Waals surface area contributed by atoms with E-state index >= 15 is 4.79 Å². The molecule has 0 bridgehead atoms. The van der Waals surface area contributed by atoms with E-state index in [1.807, 2.05) is 0 Å². The number of carbonyl (C=O) groups is 12. The number of ether oxygens (including phenoxy) is 2. The minimum Gasteiger partial charge on any atom is -0.458 e. The van der Waals surface area contributed by atoms with Crippen molar-refractivity contribution in [2.24, 2.45) is 23.7 Å². The largest absolute Gasteiger partial charge is 0.458 e. The summed E-state index contributed by atoms with van der Waals surface area (Å²) < 4.78 is 18.0. The molecule has 484 valence electrons. The minimum atomic E-state index is -1.91. The van der Waals surface area contributed by atoms with Gasteiger partial charge in [-0.1, -0.05) is 73.1 Å². The highest BCUT2D eigenvalue weighted by Crippen LogP contribution is 2.36. The van der Waals surface area contributed by atoms with Gasteiger partial charge >= 0.3 is 11.9 Å². The lowest BCUT2D eigenvalue weighted by Gasteiger charge is -2.36. The molecule has 28 nitrogen and oxygen atoms in total. The molecule has 4 saturated heterocycles. The smallest absolute Gasteiger partial charge is 0.329 e. The third-order valence-corrected chi connectivity index (χ3v) is 17.3. The van der Waals surface area contributed by atoms with Crippen LogP contribution in [0.3, 0.4) is 0 Å². The van der Waals surface area contributed by atoms with Gasteiger partial charge in [-0.05, 0) is 75.3 Å². The fourth-order valence-electron chi connectivity index (χ4n) is 11.9. The van der Waals surface area contributed by atoms with Crippen LogP contribution in [0.5, 0.6) is 0 Å². The lowest BCUT2D eigenvalue weighted by Crippen LogP contribution is -2.61. The molecule has 0 aromatic heterocycles. The first kappa shape index (κ1) is 68.1. The SMILES string of the molecule is CC(C)[C@H]1C(=O)O[C@H](C)[C@H](NC(=O)c2c3nc4c(C(=O)N[C@@H]5C(=O)N[C@H](C(C)C)C(=O)N6CCC[C@H]6C(=O)N(C)CC(=O)N(C)[C@@H](C(C)C)C(=O)O[C@@H]5C)cccc4oc-3c(Cl)c(=O)c2N)C(=O)N[C@H](C(C)C)C(=O)N2CCC[C@H]2C(=O)N(C)CC(=O)N1C. The van der Waals surface area contributed by atoms with E-state index in [2.05, 4.69) is 26.3 Å². The molecule has 0 spiro atoms. The first-order valence-corrected chi connectivity index (χ1v) is 30.2. The van der Waals surface area contributed by atoms with Gasteiger partial charge < -0.3 is 70.3 Å². The van der Waals surface area contributed by atoms with Crippen molar-refractivity contribution in [3.63, 3.8) is 0 Å². The van der Waals surface area contributed by atoms with Gasteiger partial charge in [-0.15, -0.1) is 0 Å². The third kappa shape index (κ3) is 13.9. The minimum absolute atomic E-state index is 0.144. The van der Waals surface area contributed by atoms with Crippen LogP contribution in [0.15, 0.2) is 27.4 Å². The fourth-order valence-corrected chi connectivity index (χ4v) is 12.1. The van der Waals surface area contributed by atoms with E-state index in [0.717, 1.165) is 9.80 Å². The average molecular weight is 1260 g/mol. The normalized spacial score (nSPS) is 26.4. The Hall–Kier alpha value is -8.43. The van der Waals surface area contributed by atoms with Crippen LogP contribution in [0.1, 0.15) is 116 Å². The first-order valence-electron chi connectivity index (χ1n) is 29.8. The van der Waals surface area contributed by atoms with Crippen molar-refractivity contribution in [1.82, 2.24) is 55.7 Å². The number of esters is 2. The number of aromatic nitrogens is 1. The number of benzene rings is 2. The second kappa shape index (κ2) is 27.5. The van der Waals surface area contributed by atoms with E-state index in [4.69, 9.17) is 31.2 Å². The number of nitrogens with one attached hydrogen (secondary N) is 4. The molecule has 0 saturated carbocycles. The Bertz CT molecular complexity index is 3370. The standard InChI is InChI=1S/C60H81ClN12O16/c1-26(2)41-57(83)72-22-16-19-33(72)55(81)68(11)24-36(74)70(13)47(28(5)6)59(85)87-30(9)43(53(79)64-41)66-51(77)32-18-15-21-35-45(32)63-46-38(40(62)49(76)39(61)50(46)89-35)52(78)67-44-31(10)88-60(86)48(29(7)8)71(14)37(75)25-69(12)56(82)34-20-17-23-73(34)58(84)42(27(3)4)65-54(44)80/h15,18,21,26-31,33-34,41-44,47-48H,16-17,19-20,22-25,62H2,1-14H3,(H,64,79)(H,65,80)(H,66,77)(H,67,78)/t30-,31-,33+,34+,41-,42-,43+,44+,47+,48+/m1/s1. The summed E-state index contributed by atoms with van der Waals surface area (Å²) in [5.41, 5.74) is 2.36. The summed E-state index contributed by atoms with van der Waals surface area (Å²) in [6.45, 7) is 15.2. The third-order valence-electron chi connectivity index (χ3n) is 16.9. The van der Waals surface area contributed by atoms with Crippen molar-refractivity contribution in [2.45, 2.75) is 155 Å². The molecular weight excluding hydrogens is 1180 g/mol. The van der Waals surface area contributed by atoms with Gasteiger partial charge in [0.2, 0.25) is 52.7 Å². The number of rotatable bonds is 8. The highest BCUT2D eigenvalue weighted by molar-refractivity contribution is 6.34. The quantitative estimate of drug-likeness (QED) is 0.118. The van der Waals surface area contributed by atoms with E-state index < -0.39 is 201 Å². The molecule has 10 amide bonds. The zero-order chi connectivity index (χ0) is 66.1. The molecule has 10 atom stereocenters. The number of halogens is 1. The summed E-state index contributed by atoms with van der Waals surface area (Å²) in [4.78, 5) is 198. The van der Waals surface area contributed by atoms with Crippen LogP contribution in [0.25, 0.3) is 22.6 Å². The molecule has 1 aromatic rings.